The van der Waals surface area contributed by atoms with E-state index in [4.69, 9.17) is 0 Å². The van der Waals surface area contributed by atoms with Gasteiger partial charge in [0.2, 0.25) is 0 Å². The molecule has 0 saturated heterocycles. The molecule has 1 fully saturated rings. The molecule has 0 aliphatic heterocycles. The Morgan fingerprint density at radius 3 is 2.88 bits per heavy atom. The predicted molar refractivity (Wildman–Crippen MR) is 70.9 cm³/mol. The lowest BCUT2D eigenvalue weighted by Crippen LogP contribution is -2.35. The SMILES string of the molecule is Oc1ccc(CNC2CCCC(O)C2)cc1Br. The van der Waals surface area contributed by atoms with Crippen LogP contribution in [0.2, 0.25) is 0 Å². The third kappa shape index (κ3) is 3.69. The van der Waals surface area contributed by atoms with Gasteiger partial charge in [0.1, 0.15) is 5.75 Å². The van der Waals surface area contributed by atoms with Gasteiger partial charge in [0.15, 0.2) is 0 Å². The zero-order chi connectivity index (χ0) is 12.3. The van der Waals surface area contributed by atoms with Crippen molar-refractivity contribution in [1.82, 2.24) is 5.32 Å². The third-order valence-corrected chi connectivity index (χ3v) is 3.89. The lowest BCUT2D eigenvalue weighted by molar-refractivity contribution is 0.111. The molecule has 0 heterocycles. The van der Waals surface area contributed by atoms with Gasteiger partial charge in [0.25, 0.3) is 0 Å². The maximum absolute atomic E-state index is 9.58. The van der Waals surface area contributed by atoms with Gasteiger partial charge < -0.3 is 15.5 Å². The fourth-order valence-corrected chi connectivity index (χ4v) is 2.70. The summed E-state index contributed by atoms with van der Waals surface area (Å²) in [5, 5.41) is 22.4. The Kier molecular flexibility index (Phi) is 4.42. The molecule has 1 aromatic rings. The van der Waals surface area contributed by atoms with Crippen LogP contribution in [-0.2, 0) is 6.54 Å². The predicted octanol–water partition coefficient (Wildman–Crippen LogP) is 2.55. The van der Waals surface area contributed by atoms with Crippen molar-refractivity contribution in [2.75, 3.05) is 0 Å². The molecule has 0 spiro atoms. The van der Waals surface area contributed by atoms with E-state index in [0.717, 1.165) is 42.3 Å². The lowest BCUT2D eigenvalue weighted by atomic mass is 9.93. The number of phenols is 1. The number of hydrogen-bond acceptors (Lipinski definition) is 3. The highest BCUT2D eigenvalue weighted by molar-refractivity contribution is 9.10. The Labute approximate surface area is 110 Å². The molecular formula is C13H18BrNO2. The molecule has 1 saturated carbocycles. The number of benzene rings is 1. The molecule has 1 aliphatic rings. The van der Waals surface area contributed by atoms with E-state index in [2.05, 4.69) is 21.2 Å². The lowest BCUT2D eigenvalue weighted by Gasteiger charge is -2.26. The van der Waals surface area contributed by atoms with Gasteiger partial charge in [0, 0.05) is 12.6 Å². The van der Waals surface area contributed by atoms with E-state index in [1.807, 2.05) is 12.1 Å². The normalized spacial score (nSPS) is 24.8. The standard InChI is InChI=1S/C13H18BrNO2/c14-12-6-9(4-5-13(12)17)8-15-10-2-1-3-11(16)7-10/h4-6,10-11,15-17H,1-3,7-8H2. The maximum atomic E-state index is 9.58. The zero-order valence-electron chi connectivity index (χ0n) is 9.69. The highest BCUT2D eigenvalue weighted by atomic mass is 79.9. The van der Waals surface area contributed by atoms with Crippen LogP contribution in [0.5, 0.6) is 5.75 Å². The van der Waals surface area contributed by atoms with Crippen LogP contribution in [0.4, 0.5) is 0 Å². The first-order chi connectivity index (χ1) is 8.15. The van der Waals surface area contributed by atoms with Crippen molar-refractivity contribution in [1.29, 1.82) is 0 Å². The maximum Gasteiger partial charge on any atom is 0.129 e. The van der Waals surface area contributed by atoms with Crippen LogP contribution in [0.25, 0.3) is 0 Å². The average Bonchev–Trinajstić information content (AvgIpc) is 2.31. The van der Waals surface area contributed by atoms with Crippen LogP contribution in [0, 0.1) is 0 Å². The molecule has 94 valence electrons. The largest absolute Gasteiger partial charge is 0.507 e. The van der Waals surface area contributed by atoms with Gasteiger partial charge in [-0.1, -0.05) is 6.07 Å². The van der Waals surface area contributed by atoms with Gasteiger partial charge in [0.05, 0.1) is 10.6 Å². The number of nitrogens with one attached hydrogen (secondary N) is 1. The summed E-state index contributed by atoms with van der Waals surface area (Å²) in [7, 11) is 0. The summed E-state index contributed by atoms with van der Waals surface area (Å²) in [6.45, 7) is 0.774. The monoisotopic (exact) mass is 299 g/mol. The molecule has 2 atom stereocenters. The van der Waals surface area contributed by atoms with Crippen molar-refractivity contribution in [2.45, 2.75) is 44.4 Å². The summed E-state index contributed by atoms with van der Waals surface area (Å²) < 4.78 is 0.723. The number of phenolic OH excluding ortho intramolecular Hbond substituents is 1. The Hall–Kier alpha value is -0.580. The van der Waals surface area contributed by atoms with Gasteiger partial charge in [-0.05, 0) is 59.3 Å². The van der Waals surface area contributed by atoms with Gasteiger partial charge in [-0.2, -0.15) is 0 Å². The van der Waals surface area contributed by atoms with Gasteiger partial charge in [-0.3, -0.25) is 0 Å². The molecule has 3 nitrogen and oxygen atoms in total. The molecule has 17 heavy (non-hydrogen) atoms. The van der Waals surface area contributed by atoms with Gasteiger partial charge in [-0.25, -0.2) is 0 Å². The van der Waals surface area contributed by atoms with Crippen molar-refractivity contribution in [3.05, 3.63) is 28.2 Å². The van der Waals surface area contributed by atoms with Crippen molar-refractivity contribution in [3.8, 4) is 5.75 Å². The quantitative estimate of drug-likeness (QED) is 0.804. The molecule has 0 amide bonds. The minimum Gasteiger partial charge on any atom is -0.507 e. The number of aliphatic hydroxyl groups is 1. The van der Waals surface area contributed by atoms with E-state index >= 15 is 0 Å². The molecule has 2 unspecified atom stereocenters. The van der Waals surface area contributed by atoms with E-state index in [9.17, 15) is 10.2 Å². The fourth-order valence-electron chi connectivity index (χ4n) is 2.27. The van der Waals surface area contributed by atoms with Crippen molar-refractivity contribution in [2.24, 2.45) is 0 Å². The second kappa shape index (κ2) is 5.85. The highest BCUT2D eigenvalue weighted by Gasteiger charge is 2.19. The van der Waals surface area contributed by atoms with Crippen molar-refractivity contribution >= 4 is 15.9 Å². The Morgan fingerprint density at radius 2 is 2.18 bits per heavy atom. The summed E-state index contributed by atoms with van der Waals surface area (Å²) >= 11 is 3.30. The molecular weight excluding hydrogens is 282 g/mol. The van der Waals surface area contributed by atoms with Crippen LogP contribution in [-0.4, -0.2) is 22.4 Å². The number of aliphatic hydroxyl groups excluding tert-OH is 1. The fraction of sp³-hybridized carbons (Fsp3) is 0.538. The molecule has 1 aromatic carbocycles. The second-order valence-electron chi connectivity index (χ2n) is 4.68. The number of hydrogen-bond donors (Lipinski definition) is 3. The molecule has 4 heteroatoms. The van der Waals surface area contributed by atoms with Crippen molar-refractivity contribution < 1.29 is 10.2 Å². The first kappa shape index (κ1) is 12.9. The van der Waals surface area contributed by atoms with Crippen LogP contribution < -0.4 is 5.32 Å². The van der Waals surface area contributed by atoms with Crippen LogP contribution in [0.1, 0.15) is 31.2 Å². The van der Waals surface area contributed by atoms with Gasteiger partial charge >= 0.3 is 0 Å². The third-order valence-electron chi connectivity index (χ3n) is 3.25. The van der Waals surface area contributed by atoms with Crippen LogP contribution in [0.3, 0.4) is 0 Å². The van der Waals surface area contributed by atoms with E-state index in [-0.39, 0.29) is 11.9 Å². The second-order valence-corrected chi connectivity index (χ2v) is 5.54. The molecule has 0 radical (unpaired) electrons. The Morgan fingerprint density at radius 1 is 1.35 bits per heavy atom. The number of halogens is 1. The van der Waals surface area contributed by atoms with Crippen LogP contribution >= 0.6 is 15.9 Å². The highest BCUT2D eigenvalue weighted by Crippen LogP contribution is 2.24. The first-order valence-corrected chi connectivity index (χ1v) is 6.83. The summed E-state index contributed by atoms with van der Waals surface area (Å²) in [4.78, 5) is 0. The smallest absolute Gasteiger partial charge is 0.129 e. The minimum atomic E-state index is -0.146. The van der Waals surface area contributed by atoms with E-state index in [1.54, 1.807) is 6.07 Å². The van der Waals surface area contributed by atoms with Crippen LogP contribution in [0.15, 0.2) is 22.7 Å². The van der Waals surface area contributed by atoms with E-state index in [0.29, 0.717) is 6.04 Å². The van der Waals surface area contributed by atoms with Gasteiger partial charge in [-0.15, -0.1) is 0 Å². The Balaban J connectivity index is 1.86. The molecule has 0 aromatic heterocycles. The number of aromatic hydroxyl groups is 1. The zero-order valence-corrected chi connectivity index (χ0v) is 11.3. The summed E-state index contributed by atoms with van der Waals surface area (Å²) in [5.74, 6) is 0.266. The number of rotatable bonds is 3. The average molecular weight is 300 g/mol. The summed E-state index contributed by atoms with van der Waals surface area (Å²) in [5.41, 5.74) is 1.13. The molecule has 3 N–H and O–H groups in total. The Bertz CT molecular complexity index is 384. The summed E-state index contributed by atoms with van der Waals surface area (Å²) in [6, 6.07) is 5.93. The van der Waals surface area contributed by atoms with E-state index < -0.39 is 0 Å². The summed E-state index contributed by atoms with van der Waals surface area (Å²) in [6.07, 6.45) is 3.86. The van der Waals surface area contributed by atoms with E-state index in [1.165, 1.54) is 0 Å². The molecule has 1 aliphatic carbocycles. The molecule has 2 rings (SSSR count). The molecule has 0 bridgehead atoms. The minimum absolute atomic E-state index is 0.146. The van der Waals surface area contributed by atoms with Crippen molar-refractivity contribution in [3.63, 3.8) is 0 Å². The first-order valence-electron chi connectivity index (χ1n) is 6.04. The topological polar surface area (TPSA) is 52.5 Å².